The second-order valence-electron chi connectivity index (χ2n) is 7.40. The molecule has 0 saturated carbocycles. The van der Waals surface area contributed by atoms with Crippen molar-refractivity contribution in [1.29, 1.82) is 0 Å². The van der Waals surface area contributed by atoms with Gasteiger partial charge in [-0.25, -0.2) is 9.18 Å². The predicted molar refractivity (Wildman–Crippen MR) is 109 cm³/mol. The Hall–Kier alpha value is -3.37. The number of amides is 2. The third-order valence-electron chi connectivity index (χ3n) is 5.28. The van der Waals surface area contributed by atoms with Crippen molar-refractivity contribution in [2.75, 3.05) is 0 Å². The van der Waals surface area contributed by atoms with E-state index >= 15 is 0 Å². The highest BCUT2D eigenvalue weighted by Crippen LogP contribution is 2.44. The van der Waals surface area contributed by atoms with Crippen LogP contribution in [0.15, 0.2) is 65.1 Å². The second kappa shape index (κ2) is 8.20. The summed E-state index contributed by atoms with van der Waals surface area (Å²) in [5.74, 6) is -3.91. The normalized spacial score (nSPS) is 23.0. The molecule has 0 radical (unpaired) electrons. The maximum Gasteiger partial charge on any atom is 0.437 e. The highest BCUT2D eigenvalue weighted by atomic mass is 35.5. The summed E-state index contributed by atoms with van der Waals surface area (Å²) >= 11 is 5.80. The van der Waals surface area contributed by atoms with Crippen molar-refractivity contribution in [3.63, 3.8) is 0 Å². The van der Waals surface area contributed by atoms with Crippen molar-refractivity contribution in [1.82, 2.24) is 10.6 Å². The molecule has 2 heterocycles. The van der Waals surface area contributed by atoms with E-state index in [9.17, 15) is 32.3 Å². The van der Waals surface area contributed by atoms with E-state index in [1.165, 1.54) is 66.0 Å². The van der Waals surface area contributed by atoms with Crippen molar-refractivity contribution in [3.8, 4) is 11.3 Å². The van der Waals surface area contributed by atoms with Crippen LogP contribution in [-0.4, -0.2) is 28.8 Å². The lowest BCUT2D eigenvalue weighted by Crippen LogP contribution is -2.72. The van der Waals surface area contributed by atoms with Gasteiger partial charge in [0.2, 0.25) is 5.72 Å². The molecule has 1 saturated heterocycles. The Morgan fingerprint density at radius 2 is 1.67 bits per heavy atom. The average Bonchev–Trinajstić information content (AvgIpc) is 3.23. The fourth-order valence-corrected chi connectivity index (χ4v) is 3.79. The molecule has 3 aromatic rings. The SMILES string of the molecule is O=C1N[C@H](c2ccc(-c3ccc(F)cc3)o2)[C@@H](C(=O)c2ccc(Cl)cc2)[C@](O)(C(F)(F)F)N1. The van der Waals surface area contributed by atoms with Crippen LogP contribution >= 0.6 is 11.6 Å². The Morgan fingerprint density at radius 1 is 1.03 bits per heavy atom. The van der Waals surface area contributed by atoms with E-state index < -0.39 is 41.5 Å². The summed E-state index contributed by atoms with van der Waals surface area (Å²) in [5, 5.41) is 14.5. The number of hydrogen-bond donors (Lipinski definition) is 3. The number of carbonyl (C=O) groups excluding carboxylic acids is 2. The number of aliphatic hydroxyl groups is 1. The number of furan rings is 1. The summed E-state index contributed by atoms with van der Waals surface area (Å²) in [6, 6.07) is 9.79. The smallest absolute Gasteiger partial charge is 0.437 e. The minimum Gasteiger partial charge on any atom is -0.459 e. The molecular formula is C22H15ClF4N2O4. The van der Waals surface area contributed by atoms with Gasteiger partial charge < -0.3 is 20.2 Å². The summed E-state index contributed by atoms with van der Waals surface area (Å²) in [6.07, 6.45) is -5.40. The van der Waals surface area contributed by atoms with Gasteiger partial charge in [0.1, 0.15) is 29.3 Å². The number of Topliss-reactive ketones (excluding diaryl/α,β-unsaturated/α-hetero) is 1. The van der Waals surface area contributed by atoms with Crippen molar-refractivity contribution in [3.05, 3.63) is 82.8 Å². The Kier molecular flexibility index (Phi) is 5.67. The van der Waals surface area contributed by atoms with Gasteiger partial charge >= 0.3 is 12.2 Å². The zero-order valence-electron chi connectivity index (χ0n) is 16.5. The number of hydrogen-bond acceptors (Lipinski definition) is 4. The van der Waals surface area contributed by atoms with Crippen LogP contribution in [0.2, 0.25) is 5.02 Å². The molecule has 0 spiro atoms. The Balaban J connectivity index is 1.80. The zero-order valence-corrected chi connectivity index (χ0v) is 17.2. The van der Waals surface area contributed by atoms with Crippen molar-refractivity contribution in [2.45, 2.75) is 17.9 Å². The molecule has 0 unspecified atom stereocenters. The number of urea groups is 1. The monoisotopic (exact) mass is 482 g/mol. The molecule has 2 amide bonds. The van der Waals surface area contributed by atoms with E-state index in [0.29, 0.717) is 5.56 Å². The molecule has 6 nitrogen and oxygen atoms in total. The lowest BCUT2D eigenvalue weighted by molar-refractivity contribution is -0.288. The van der Waals surface area contributed by atoms with E-state index in [1.54, 1.807) is 0 Å². The van der Waals surface area contributed by atoms with Gasteiger partial charge in [0, 0.05) is 16.1 Å². The first-order valence-electron chi connectivity index (χ1n) is 9.53. The first-order valence-corrected chi connectivity index (χ1v) is 9.90. The Morgan fingerprint density at radius 3 is 2.27 bits per heavy atom. The maximum absolute atomic E-state index is 14.0. The average molecular weight is 483 g/mol. The molecule has 0 aliphatic carbocycles. The number of alkyl halides is 3. The standard InChI is InChI=1S/C22H15ClF4N2O4/c23-13-5-1-12(2-6-13)19(30)17-18(28-20(31)29-21(17,32)22(25,26)27)16-10-9-15(33-16)11-3-7-14(24)8-4-11/h1-10,17-18,32H,(H2,28,29,31)/t17-,18+,21-/m0/s1. The first-order chi connectivity index (χ1) is 15.5. The van der Waals surface area contributed by atoms with Gasteiger partial charge in [0.15, 0.2) is 5.78 Å². The van der Waals surface area contributed by atoms with Gasteiger partial charge in [-0.15, -0.1) is 0 Å². The first kappa shape index (κ1) is 22.8. The Bertz CT molecular complexity index is 1190. The van der Waals surface area contributed by atoms with Gasteiger partial charge in [-0.3, -0.25) is 4.79 Å². The molecule has 172 valence electrons. The van der Waals surface area contributed by atoms with Crippen LogP contribution in [-0.2, 0) is 0 Å². The molecule has 33 heavy (non-hydrogen) atoms. The summed E-state index contributed by atoms with van der Waals surface area (Å²) in [7, 11) is 0. The van der Waals surface area contributed by atoms with E-state index in [-0.39, 0.29) is 22.1 Å². The molecule has 3 atom stereocenters. The van der Waals surface area contributed by atoms with Gasteiger partial charge in [-0.2, -0.15) is 13.2 Å². The highest BCUT2D eigenvalue weighted by molar-refractivity contribution is 6.30. The molecule has 1 aliphatic heterocycles. The zero-order chi connectivity index (χ0) is 24.0. The molecule has 11 heteroatoms. The topological polar surface area (TPSA) is 91.6 Å². The van der Waals surface area contributed by atoms with Crippen LogP contribution < -0.4 is 10.6 Å². The van der Waals surface area contributed by atoms with Crippen LogP contribution in [0, 0.1) is 11.7 Å². The highest BCUT2D eigenvalue weighted by Gasteiger charge is 2.66. The number of rotatable bonds is 4. The molecule has 1 aliphatic rings. The fourth-order valence-electron chi connectivity index (χ4n) is 3.66. The van der Waals surface area contributed by atoms with Crippen molar-refractivity contribution in [2.24, 2.45) is 5.92 Å². The quantitative estimate of drug-likeness (QED) is 0.366. The van der Waals surface area contributed by atoms with Gasteiger partial charge in [-0.1, -0.05) is 11.6 Å². The summed E-state index contributed by atoms with van der Waals surface area (Å²) in [6.45, 7) is 0. The van der Waals surface area contributed by atoms with Crippen molar-refractivity contribution < 1.29 is 36.7 Å². The number of benzene rings is 2. The minimum absolute atomic E-state index is 0.158. The number of halogens is 5. The van der Waals surface area contributed by atoms with Crippen LogP contribution in [0.25, 0.3) is 11.3 Å². The van der Waals surface area contributed by atoms with E-state index in [0.717, 1.165) is 0 Å². The van der Waals surface area contributed by atoms with Crippen LogP contribution in [0.3, 0.4) is 0 Å². The predicted octanol–water partition coefficient (Wildman–Crippen LogP) is 4.84. The minimum atomic E-state index is -5.40. The third-order valence-corrected chi connectivity index (χ3v) is 5.53. The number of ketones is 1. The molecule has 1 aromatic heterocycles. The number of nitrogens with one attached hydrogen (secondary N) is 2. The summed E-state index contributed by atoms with van der Waals surface area (Å²) in [5.41, 5.74) is -3.64. The molecule has 3 N–H and O–H groups in total. The maximum atomic E-state index is 14.0. The molecule has 0 bridgehead atoms. The van der Waals surface area contributed by atoms with Gasteiger partial charge in [0.25, 0.3) is 0 Å². The molecule has 2 aromatic carbocycles. The number of carbonyl (C=O) groups is 2. The molecular weight excluding hydrogens is 468 g/mol. The van der Waals surface area contributed by atoms with Crippen LogP contribution in [0.4, 0.5) is 22.4 Å². The van der Waals surface area contributed by atoms with Crippen molar-refractivity contribution >= 4 is 23.4 Å². The van der Waals surface area contributed by atoms with Gasteiger partial charge in [0.05, 0.1) is 0 Å². The fraction of sp³-hybridized carbons (Fsp3) is 0.182. The van der Waals surface area contributed by atoms with Crippen LogP contribution in [0.1, 0.15) is 22.2 Å². The summed E-state index contributed by atoms with van der Waals surface area (Å²) < 4.78 is 60.7. The molecule has 1 fully saturated rings. The van der Waals surface area contributed by atoms with E-state index in [2.05, 4.69) is 5.32 Å². The lowest BCUT2D eigenvalue weighted by Gasteiger charge is -2.44. The van der Waals surface area contributed by atoms with E-state index in [1.807, 2.05) is 0 Å². The van der Waals surface area contributed by atoms with Crippen LogP contribution in [0.5, 0.6) is 0 Å². The Labute approximate surface area is 189 Å². The second-order valence-corrected chi connectivity index (χ2v) is 7.83. The third kappa shape index (κ3) is 4.19. The largest absolute Gasteiger partial charge is 0.459 e. The van der Waals surface area contributed by atoms with Gasteiger partial charge in [-0.05, 0) is 60.7 Å². The lowest BCUT2D eigenvalue weighted by atomic mass is 9.79. The molecule has 4 rings (SSSR count). The van der Waals surface area contributed by atoms with E-state index in [4.69, 9.17) is 16.0 Å². The summed E-state index contributed by atoms with van der Waals surface area (Å²) in [4.78, 5) is 25.3.